The largest absolute Gasteiger partial charge is 0.367 e. The van der Waals surface area contributed by atoms with Gasteiger partial charge in [0.2, 0.25) is 5.82 Å². The lowest BCUT2D eigenvalue weighted by molar-refractivity contribution is -0.197. The molecule has 4 atom stereocenters. The molecule has 4 heterocycles. The molecule has 2 fully saturated rings. The Labute approximate surface area is 237 Å². The number of amides is 1. The minimum atomic E-state index is -0.901. The van der Waals surface area contributed by atoms with Crippen LogP contribution in [0, 0.1) is 11.3 Å². The van der Waals surface area contributed by atoms with Gasteiger partial charge >= 0.3 is 0 Å². The summed E-state index contributed by atoms with van der Waals surface area (Å²) in [6, 6.07) is 22.5. The molecule has 0 unspecified atom stereocenters. The van der Waals surface area contributed by atoms with Gasteiger partial charge in [0.25, 0.3) is 5.91 Å². The number of likely N-dealkylation sites (N-methyl/N-ethyl adjacent to an activating group) is 1. The predicted molar refractivity (Wildman–Crippen MR) is 150 cm³/mol. The van der Waals surface area contributed by atoms with E-state index in [0.29, 0.717) is 30.1 Å². The lowest BCUT2D eigenvalue weighted by Crippen LogP contribution is -2.42. The number of carbonyl (C=O) groups excluding carboxylic acids is 1. The van der Waals surface area contributed by atoms with E-state index in [1.54, 1.807) is 24.7 Å². The smallest absolute Gasteiger partial charge is 0.252 e. The van der Waals surface area contributed by atoms with Crippen molar-refractivity contribution in [2.75, 3.05) is 18.4 Å². The van der Waals surface area contributed by atoms with Gasteiger partial charge in [0, 0.05) is 19.0 Å². The summed E-state index contributed by atoms with van der Waals surface area (Å²) in [7, 11) is 0. The van der Waals surface area contributed by atoms with Gasteiger partial charge in [-0.3, -0.25) is 9.36 Å². The van der Waals surface area contributed by atoms with Crippen LogP contribution in [0.1, 0.15) is 49.9 Å². The van der Waals surface area contributed by atoms with E-state index in [1.807, 2.05) is 43.3 Å². The number of nitrogens with one attached hydrogen (secondary N) is 2. The van der Waals surface area contributed by atoms with E-state index < -0.39 is 30.3 Å². The van der Waals surface area contributed by atoms with Crippen LogP contribution >= 0.6 is 0 Å². The van der Waals surface area contributed by atoms with Crippen LogP contribution in [0.4, 0.5) is 5.82 Å². The highest BCUT2D eigenvalue weighted by atomic mass is 16.8. The first-order valence-corrected chi connectivity index (χ1v) is 13.7. The summed E-state index contributed by atoms with van der Waals surface area (Å²) in [5.41, 5.74) is 3.16. The fourth-order valence-electron chi connectivity index (χ4n) is 5.56. The quantitative estimate of drug-likeness (QED) is 0.336. The Kier molecular flexibility index (Phi) is 7.13. The second kappa shape index (κ2) is 10.9. The zero-order valence-corrected chi connectivity index (χ0v) is 23.0. The molecule has 2 aromatic carbocycles. The number of rotatable bonds is 8. The molecule has 2 N–H and O–H groups in total. The predicted octanol–water partition coefficient (Wildman–Crippen LogP) is 3.50. The van der Waals surface area contributed by atoms with Crippen LogP contribution in [-0.2, 0) is 19.0 Å². The molecule has 1 amide bonds. The fraction of sp³-hybridized carbons (Fsp3) is 0.367. The Bertz CT molecular complexity index is 1550. The molecule has 4 aromatic rings. The summed E-state index contributed by atoms with van der Waals surface area (Å²) < 4.78 is 20.2. The molecule has 11 nitrogen and oxygen atoms in total. The number of hydrogen-bond donors (Lipinski definition) is 2. The molecular formula is C30H31N7O4. The van der Waals surface area contributed by atoms with E-state index in [4.69, 9.17) is 14.2 Å². The summed E-state index contributed by atoms with van der Waals surface area (Å²) in [6.07, 6.45) is -1.26. The maximum absolute atomic E-state index is 12.8. The zero-order chi connectivity index (χ0) is 28.6. The van der Waals surface area contributed by atoms with E-state index >= 15 is 0 Å². The third-order valence-electron chi connectivity index (χ3n) is 7.31. The molecule has 2 aliphatic rings. The third-order valence-corrected chi connectivity index (χ3v) is 7.31. The third kappa shape index (κ3) is 5.13. The van der Waals surface area contributed by atoms with Gasteiger partial charge in [0.05, 0.1) is 6.33 Å². The summed E-state index contributed by atoms with van der Waals surface area (Å²) in [6.45, 7) is 6.41. The van der Waals surface area contributed by atoms with Crippen LogP contribution < -0.4 is 10.6 Å². The number of aromatic nitrogens is 4. The number of imidazole rings is 1. The van der Waals surface area contributed by atoms with Crippen molar-refractivity contribution in [2.24, 2.45) is 0 Å². The number of anilines is 1. The maximum Gasteiger partial charge on any atom is 0.252 e. The molecular weight excluding hydrogens is 522 g/mol. The molecule has 0 spiro atoms. The molecule has 210 valence electrons. The van der Waals surface area contributed by atoms with Crippen molar-refractivity contribution in [2.45, 2.75) is 57.0 Å². The zero-order valence-electron chi connectivity index (χ0n) is 23.0. The Morgan fingerprint density at radius 3 is 2.34 bits per heavy atom. The van der Waals surface area contributed by atoms with Gasteiger partial charge in [-0.2, -0.15) is 15.2 Å². The Hall–Kier alpha value is -4.37. The van der Waals surface area contributed by atoms with E-state index in [2.05, 4.69) is 55.9 Å². The summed E-state index contributed by atoms with van der Waals surface area (Å²) in [4.78, 5) is 26.4. The molecule has 0 saturated carbocycles. The minimum Gasteiger partial charge on any atom is -0.367 e. The van der Waals surface area contributed by atoms with E-state index in [0.717, 1.165) is 11.1 Å². The van der Waals surface area contributed by atoms with Gasteiger partial charge in [0.15, 0.2) is 35.1 Å². The molecule has 2 aromatic heterocycles. The monoisotopic (exact) mass is 553 g/mol. The maximum atomic E-state index is 12.8. The van der Waals surface area contributed by atoms with Crippen LogP contribution in [0.5, 0.6) is 0 Å². The highest BCUT2D eigenvalue weighted by Crippen LogP contribution is 2.44. The normalized spacial score (nSPS) is 22.9. The molecule has 11 heteroatoms. The molecule has 2 saturated heterocycles. The second-order valence-corrected chi connectivity index (χ2v) is 10.5. The topological polar surface area (TPSA) is 136 Å². The van der Waals surface area contributed by atoms with Gasteiger partial charge in [-0.15, -0.1) is 0 Å². The number of nitriles is 1. The highest BCUT2D eigenvalue weighted by molar-refractivity contribution is 5.84. The highest BCUT2D eigenvalue weighted by Gasteiger charge is 2.58. The SMILES string of the molecule is CCNC(=O)[C@H]1O[C@@H](n2cnc3c(NCC(c4ccccc4)c4ccccc4)nc(C#N)nc32)[C@@H]2OC(C)(C)O[C@@H]21. The van der Waals surface area contributed by atoms with E-state index in [9.17, 15) is 10.1 Å². The van der Waals surface area contributed by atoms with Crippen LogP contribution in [-0.4, -0.2) is 62.6 Å². The lowest BCUT2D eigenvalue weighted by atomic mass is 9.91. The first-order chi connectivity index (χ1) is 19.9. The Morgan fingerprint density at radius 1 is 1.05 bits per heavy atom. The number of nitrogens with zero attached hydrogens (tertiary/aromatic N) is 5. The number of hydrogen-bond acceptors (Lipinski definition) is 9. The van der Waals surface area contributed by atoms with Gasteiger partial charge in [0.1, 0.15) is 18.3 Å². The lowest BCUT2D eigenvalue weighted by Gasteiger charge is -2.24. The molecule has 0 radical (unpaired) electrons. The van der Waals surface area contributed by atoms with Crippen molar-refractivity contribution in [1.82, 2.24) is 24.8 Å². The standard InChI is InChI=1S/C30H31N7O4/c1-4-32-28(38)24-23-25(41-30(2,3)40-23)29(39-24)37-17-34-22-26(35-21(15-31)36-27(22)37)33-16-20(18-11-7-5-8-12-18)19-13-9-6-10-14-19/h5-14,17,20,23-25,29H,4,16H2,1-3H3,(H,32,38)(H,33,35,36)/t23-,24+,25-,29-/m1/s1. The number of ether oxygens (including phenoxy) is 3. The fourth-order valence-corrected chi connectivity index (χ4v) is 5.56. The Morgan fingerprint density at radius 2 is 1.71 bits per heavy atom. The first kappa shape index (κ1) is 26.8. The van der Waals surface area contributed by atoms with Crippen LogP contribution in [0.15, 0.2) is 67.0 Å². The van der Waals surface area contributed by atoms with Crippen LogP contribution in [0.2, 0.25) is 0 Å². The van der Waals surface area contributed by atoms with Gasteiger partial charge in [-0.25, -0.2) is 4.98 Å². The first-order valence-electron chi connectivity index (χ1n) is 13.7. The van der Waals surface area contributed by atoms with E-state index in [-0.39, 0.29) is 17.6 Å². The average molecular weight is 554 g/mol. The second-order valence-electron chi connectivity index (χ2n) is 10.5. The van der Waals surface area contributed by atoms with Crippen LogP contribution in [0.3, 0.4) is 0 Å². The van der Waals surface area contributed by atoms with Crippen molar-refractivity contribution >= 4 is 22.9 Å². The molecule has 0 aliphatic carbocycles. The summed E-state index contributed by atoms with van der Waals surface area (Å²) in [5, 5.41) is 16.0. The van der Waals surface area contributed by atoms with Crippen molar-refractivity contribution in [3.05, 3.63) is 83.9 Å². The van der Waals surface area contributed by atoms with Crippen molar-refractivity contribution in [3.8, 4) is 6.07 Å². The van der Waals surface area contributed by atoms with Crippen molar-refractivity contribution in [3.63, 3.8) is 0 Å². The Balaban J connectivity index is 1.35. The number of benzene rings is 2. The van der Waals surface area contributed by atoms with Gasteiger partial charge in [-0.1, -0.05) is 60.7 Å². The van der Waals surface area contributed by atoms with Crippen LogP contribution in [0.25, 0.3) is 11.2 Å². The van der Waals surface area contributed by atoms with Gasteiger partial charge < -0.3 is 24.8 Å². The molecule has 0 bridgehead atoms. The number of fused-ring (bicyclic) bond motifs is 2. The van der Waals surface area contributed by atoms with Crippen molar-refractivity contribution < 1.29 is 19.0 Å². The van der Waals surface area contributed by atoms with E-state index in [1.165, 1.54) is 0 Å². The molecule has 41 heavy (non-hydrogen) atoms. The summed E-state index contributed by atoms with van der Waals surface area (Å²) >= 11 is 0. The average Bonchev–Trinajstić information content (AvgIpc) is 3.64. The van der Waals surface area contributed by atoms with Crippen molar-refractivity contribution in [1.29, 1.82) is 5.26 Å². The molecule has 2 aliphatic heterocycles. The molecule has 6 rings (SSSR count). The summed E-state index contributed by atoms with van der Waals surface area (Å²) in [5.74, 6) is -0.740. The minimum absolute atomic E-state index is 0.0172. The number of carbonyl (C=O) groups is 1. The van der Waals surface area contributed by atoms with Gasteiger partial charge in [-0.05, 0) is 31.9 Å².